The number of hydrogen-bond acceptors (Lipinski definition) is 3. The molecule has 1 N–H and O–H groups in total. The van der Waals surface area contributed by atoms with Crippen molar-refractivity contribution < 1.29 is 9.47 Å². The van der Waals surface area contributed by atoms with Gasteiger partial charge in [0.05, 0.1) is 13.2 Å². The largest absolute Gasteiger partial charge is 0.490 e. The van der Waals surface area contributed by atoms with Crippen molar-refractivity contribution in [3.05, 3.63) is 23.8 Å². The molecule has 3 nitrogen and oxygen atoms in total. The summed E-state index contributed by atoms with van der Waals surface area (Å²) in [7, 11) is 0. The van der Waals surface area contributed by atoms with E-state index < -0.39 is 0 Å². The minimum Gasteiger partial charge on any atom is -0.490 e. The van der Waals surface area contributed by atoms with E-state index in [0.29, 0.717) is 11.5 Å². The first-order chi connectivity index (χ1) is 10.3. The SMILES string of the molecule is CC(NCC1(C2CC2)CC1)c1ccc2c(c1)OCCCO2. The van der Waals surface area contributed by atoms with Gasteiger partial charge in [-0.2, -0.15) is 0 Å². The van der Waals surface area contributed by atoms with Crippen LogP contribution in [0.5, 0.6) is 11.5 Å². The summed E-state index contributed by atoms with van der Waals surface area (Å²) in [6, 6.07) is 6.75. The van der Waals surface area contributed by atoms with Crippen LogP contribution in [0.15, 0.2) is 18.2 Å². The molecular formula is C18H25NO2. The van der Waals surface area contributed by atoms with Gasteiger partial charge in [-0.1, -0.05) is 6.07 Å². The highest BCUT2D eigenvalue weighted by Crippen LogP contribution is 2.61. The van der Waals surface area contributed by atoms with Gasteiger partial charge in [-0.15, -0.1) is 0 Å². The molecule has 1 unspecified atom stereocenters. The van der Waals surface area contributed by atoms with Crippen molar-refractivity contribution in [2.45, 2.75) is 45.1 Å². The van der Waals surface area contributed by atoms with Gasteiger partial charge in [-0.3, -0.25) is 0 Å². The fraction of sp³-hybridized carbons (Fsp3) is 0.667. The van der Waals surface area contributed by atoms with E-state index in [9.17, 15) is 0 Å². The summed E-state index contributed by atoms with van der Waals surface area (Å²) in [4.78, 5) is 0. The van der Waals surface area contributed by atoms with E-state index in [1.165, 1.54) is 37.8 Å². The molecule has 1 heterocycles. The molecule has 0 amide bonds. The maximum absolute atomic E-state index is 5.79. The summed E-state index contributed by atoms with van der Waals surface area (Å²) in [5, 5.41) is 3.75. The van der Waals surface area contributed by atoms with E-state index >= 15 is 0 Å². The van der Waals surface area contributed by atoms with Gasteiger partial charge in [-0.05, 0) is 61.6 Å². The van der Waals surface area contributed by atoms with Gasteiger partial charge < -0.3 is 14.8 Å². The number of rotatable bonds is 5. The standard InChI is InChI=1S/C18H25NO2/c1-13(19-12-18(7-8-18)15-4-5-15)14-3-6-16-17(11-14)21-10-2-9-20-16/h3,6,11,13,15,19H,2,4-5,7-10,12H2,1H3. The summed E-state index contributed by atoms with van der Waals surface area (Å²) in [5.74, 6) is 2.81. The van der Waals surface area contributed by atoms with Gasteiger partial charge in [0, 0.05) is 19.0 Å². The maximum atomic E-state index is 5.79. The molecule has 114 valence electrons. The molecule has 0 spiro atoms. The van der Waals surface area contributed by atoms with Crippen LogP contribution < -0.4 is 14.8 Å². The predicted octanol–water partition coefficient (Wildman–Crippen LogP) is 3.69. The van der Waals surface area contributed by atoms with Crippen LogP contribution in [0.1, 0.15) is 50.6 Å². The smallest absolute Gasteiger partial charge is 0.161 e. The molecule has 4 rings (SSSR count). The Morgan fingerprint density at radius 1 is 1.19 bits per heavy atom. The zero-order valence-electron chi connectivity index (χ0n) is 12.9. The highest BCUT2D eigenvalue weighted by atomic mass is 16.5. The highest BCUT2D eigenvalue weighted by Gasteiger charge is 2.53. The molecule has 1 aliphatic heterocycles. The number of ether oxygens (including phenoxy) is 2. The molecule has 1 aromatic carbocycles. The minimum absolute atomic E-state index is 0.373. The van der Waals surface area contributed by atoms with Crippen LogP contribution in [-0.2, 0) is 0 Å². The van der Waals surface area contributed by atoms with Crippen LogP contribution in [0.2, 0.25) is 0 Å². The Bertz CT molecular complexity index is 520. The molecule has 2 fully saturated rings. The Labute approximate surface area is 127 Å². The van der Waals surface area contributed by atoms with Gasteiger partial charge in [0.15, 0.2) is 11.5 Å². The molecule has 0 saturated heterocycles. The molecule has 0 bridgehead atoms. The van der Waals surface area contributed by atoms with Crippen LogP contribution in [0.25, 0.3) is 0 Å². The fourth-order valence-corrected chi connectivity index (χ4v) is 3.51. The van der Waals surface area contributed by atoms with Crippen molar-refractivity contribution in [3.8, 4) is 11.5 Å². The Balaban J connectivity index is 1.42. The van der Waals surface area contributed by atoms with Crippen molar-refractivity contribution in [1.29, 1.82) is 0 Å². The molecule has 0 aromatic heterocycles. The van der Waals surface area contributed by atoms with Gasteiger partial charge in [0.25, 0.3) is 0 Å². The molecule has 3 aliphatic rings. The summed E-state index contributed by atoms with van der Waals surface area (Å²) < 4.78 is 11.5. The highest BCUT2D eigenvalue weighted by molar-refractivity contribution is 5.44. The van der Waals surface area contributed by atoms with Crippen molar-refractivity contribution in [3.63, 3.8) is 0 Å². The number of fused-ring (bicyclic) bond motifs is 1. The first-order valence-corrected chi connectivity index (χ1v) is 8.40. The van der Waals surface area contributed by atoms with Gasteiger partial charge in [0.2, 0.25) is 0 Å². The van der Waals surface area contributed by atoms with E-state index in [0.717, 1.165) is 37.1 Å². The van der Waals surface area contributed by atoms with E-state index in [1.54, 1.807) is 0 Å². The van der Waals surface area contributed by atoms with E-state index in [4.69, 9.17) is 9.47 Å². The zero-order valence-corrected chi connectivity index (χ0v) is 12.9. The van der Waals surface area contributed by atoms with E-state index in [-0.39, 0.29) is 0 Å². The fourth-order valence-electron chi connectivity index (χ4n) is 3.51. The summed E-state index contributed by atoms with van der Waals surface area (Å²) >= 11 is 0. The van der Waals surface area contributed by atoms with Crippen LogP contribution in [0.3, 0.4) is 0 Å². The van der Waals surface area contributed by atoms with Crippen LogP contribution in [0.4, 0.5) is 0 Å². The van der Waals surface area contributed by atoms with Crippen LogP contribution in [-0.4, -0.2) is 19.8 Å². The number of nitrogens with one attached hydrogen (secondary N) is 1. The van der Waals surface area contributed by atoms with Crippen LogP contribution >= 0.6 is 0 Å². The lowest BCUT2D eigenvalue weighted by Crippen LogP contribution is -2.28. The van der Waals surface area contributed by atoms with Gasteiger partial charge in [0.1, 0.15) is 0 Å². The second kappa shape index (κ2) is 5.20. The van der Waals surface area contributed by atoms with Crippen molar-refractivity contribution in [2.75, 3.05) is 19.8 Å². The number of hydrogen-bond donors (Lipinski definition) is 1. The Hall–Kier alpha value is -1.22. The molecule has 0 radical (unpaired) electrons. The molecule has 1 atom stereocenters. The Morgan fingerprint density at radius 3 is 2.67 bits per heavy atom. The van der Waals surface area contributed by atoms with Gasteiger partial charge in [-0.25, -0.2) is 0 Å². The van der Waals surface area contributed by atoms with Gasteiger partial charge >= 0.3 is 0 Å². The summed E-state index contributed by atoms with van der Waals surface area (Å²) in [6.45, 7) is 4.93. The first kappa shape index (κ1) is 13.4. The lowest BCUT2D eigenvalue weighted by Gasteiger charge is -2.21. The molecule has 2 saturated carbocycles. The quantitative estimate of drug-likeness (QED) is 0.896. The third-order valence-electron chi connectivity index (χ3n) is 5.37. The Kier molecular flexibility index (Phi) is 3.33. The molecule has 2 aliphatic carbocycles. The average Bonchev–Trinajstić information content (AvgIpc) is 3.38. The lowest BCUT2D eigenvalue weighted by molar-refractivity contribution is 0.297. The van der Waals surface area contributed by atoms with E-state index in [1.807, 2.05) is 0 Å². The zero-order chi connectivity index (χ0) is 14.3. The third-order valence-corrected chi connectivity index (χ3v) is 5.37. The normalized spacial score (nSPS) is 24.2. The minimum atomic E-state index is 0.373. The van der Waals surface area contributed by atoms with Crippen LogP contribution in [0, 0.1) is 11.3 Å². The second-order valence-corrected chi connectivity index (χ2v) is 7.00. The monoisotopic (exact) mass is 287 g/mol. The molecular weight excluding hydrogens is 262 g/mol. The van der Waals surface area contributed by atoms with Crippen molar-refractivity contribution in [1.82, 2.24) is 5.32 Å². The lowest BCUT2D eigenvalue weighted by atomic mass is 9.99. The Morgan fingerprint density at radius 2 is 1.95 bits per heavy atom. The molecule has 3 heteroatoms. The number of benzene rings is 1. The topological polar surface area (TPSA) is 30.5 Å². The summed E-state index contributed by atoms with van der Waals surface area (Å²) in [5.41, 5.74) is 1.95. The second-order valence-electron chi connectivity index (χ2n) is 7.00. The first-order valence-electron chi connectivity index (χ1n) is 8.40. The predicted molar refractivity (Wildman–Crippen MR) is 82.9 cm³/mol. The van der Waals surface area contributed by atoms with E-state index in [2.05, 4.69) is 30.4 Å². The molecule has 1 aromatic rings. The maximum Gasteiger partial charge on any atom is 0.161 e. The van der Waals surface area contributed by atoms with Crippen molar-refractivity contribution in [2.24, 2.45) is 11.3 Å². The summed E-state index contributed by atoms with van der Waals surface area (Å²) in [6.07, 6.45) is 6.74. The average molecular weight is 287 g/mol. The third kappa shape index (κ3) is 2.76. The molecule has 21 heavy (non-hydrogen) atoms. The van der Waals surface area contributed by atoms with Crippen molar-refractivity contribution >= 4 is 0 Å².